The Hall–Kier alpha value is -2.20. The number of rotatable bonds is 6. The fourth-order valence-electron chi connectivity index (χ4n) is 3.84. The average Bonchev–Trinajstić information content (AvgIpc) is 2.70. The number of hydrogen-bond acceptors (Lipinski definition) is 3. The number of hydrogen-bond donors (Lipinski definition) is 1. The van der Waals surface area contributed by atoms with Crippen molar-refractivity contribution in [1.82, 2.24) is 0 Å². The molecule has 0 aromatic heterocycles. The van der Waals surface area contributed by atoms with Crippen LogP contribution in [-0.2, 0) is 4.79 Å². The van der Waals surface area contributed by atoms with Gasteiger partial charge in [0.15, 0.2) is 0 Å². The van der Waals surface area contributed by atoms with E-state index in [0.29, 0.717) is 23.3 Å². The molecule has 2 aromatic carbocycles. The molecule has 0 unspecified atom stereocenters. The number of ether oxygens (including phenoxy) is 2. The van der Waals surface area contributed by atoms with Gasteiger partial charge in [0.1, 0.15) is 11.5 Å². The van der Waals surface area contributed by atoms with E-state index in [4.69, 9.17) is 21.1 Å². The molecule has 1 amide bonds. The molecule has 0 heterocycles. The largest absolute Gasteiger partial charge is 0.497 e. The highest BCUT2D eigenvalue weighted by atomic mass is 35.5. The third-order valence-corrected chi connectivity index (χ3v) is 5.58. The van der Waals surface area contributed by atoms with E-state index in [1.54, 1.807) is 26.4 Å². The molecule has 1 fully saturated rings. The lowest BCUT2D eigenvalue weighted by Crippen LogP contribution is -2.20. The summed E-state index contributed by atoms with van der Waals surface area (Å²) in [5.41, 5.74) is 2.03. The fourth-order valence-corrected chi connectivity index (χ4v) is 3.97. The number of anilines is 1. The van der Waals surface area contributed by atoms with Crippen molar-refractivity contribution in [2.24, 2.45) is 5.92 Å². The number of amides is 1. The lowest BCUT2D eigenvalue weighted by Gasteiger charge is -2.29. The molecule has 2 aromatic rings. The van der Waals surface area contributed by atoms with Gasteiger partial charge in [-0.3, -0.25) is 4.79 Å². The Morgan fingerprint density at radius 1 is 1.04 bits per heavy atom. The van der Waals surface area contributed by atoms with Gasteiger partial charge in [0.25, 0.3) is 0 Å². The summed E-state index contributed by atoms with van der Waals surface area (Å²) in [6, 6.07) is 13.3. The van der Waals surface area contributed by atoms with Crippen molar-refractivity contribution in [3.63, 3.8) is 0 Å². The normalized spacial score (nSPS) is 19.4. The molecule has 0 bridgehead atoms. The van der Waals surface area contributed by atoms with Gasteiger partial charge < -0.3 is 14.8 Å². The number of carbonyl (C=O) groups excluding carboxylic acids is 1. The molecule has 1 saturated carbocycles. The number of halogens is 1. The predicted octanol–water partition coefficient (Wildman–Crippen LogP) is 5.66. The molecule has 0 aliphatic heterocycles. The van der Waals surface area contributed by atoms with Gasteiger partial charge in [0.05, 0.1) is 14.2 Å². The van der Waals surface area contributed by atoms with Crippen molar-refractivity contribution in [1.29, 1.82) is 0 Å². The maximum absolute atomic E-state index is 12.3. The Labute approximate surface area is 165 Å². The van der Waals surface area contributed by atoms with E-state index in [0.717, 1.165) is 42.9 Å². The van der Waals surface area contributed by atoms with Crippen molar-refractivity contribution < 1.29 is 14.3 Å². The second kappa shape index (κ2) is 9.14. The molecule has 1 N–H and O–H groups in total. The van der Waals surface area contributed by atoms with Crippen molar-refractivity contribution >= 4 is 23.2 Å². The van der Waals surface area contributed by atoms with Crippen molar-refractivity contribution in [3.05, 3.63) is 53.1 Å². The van der Waals surface area contributed by atoms with E-state index in [-0.39, 0.29) is 5.91 Å². The van der Waals surface area contributed by atoms with E-state index in [1.807, 2.05) is 24.3 Å². The molecular weight excluding hydrogens is 362 g/mol. The summed E-state index contributed by atoms with van der Waals surface area (Å²) in [5.74, 6) is 2.67. The molecule has 27 heavy (non-hydrogen) atoms. The number of nitrogens with one attached hydrogen (secondary N) is 1. The zero-order chi connectivity index (χ0) is 19.2. The molecular formula is C22H26ClNO3. The van der Waals surface area contributed by atoms with Crippen LogP contribution in [0.25, 0.3) is 0 Å². The first-order valence-corrected chi connectivity index (χ1v) is 9.74. The Bertz CT molecular complexity index is 768. The summed E-state index contributed by atoms with van der Waals surface area (Å²) in [4.78, 5) is 12.3. The van der Waals surface area contributed by atoms with Crippen LogP contribution in [0.1, 0.15) is 43.6 Å². The van der Waals surface area contributed by atoms with E-state index in [2.05, 4.69) is 11.4 Å². The van der Waals surface area contributed by atoms with Crippen LogP contribution in [0.15, 0.2) is 42.5 Å². The molecule has 144 valence electrons. The maximum atomic E-state index is 12.3. The third-order valence-electron chi connectivity index (χ3n) is 5.33. The first kappa shape index (κ1) is 19.6. The van der Waals surface area contributed by atoms with Crippen LogP contribution >= 0.6 is 11.6 Å². The lowest BCUT2D eigenvalue weighted by atomic mass is 9.77. The molecule has 5 heteroatoms. The summed E-state index contributed by atoms with van der Waals surface area (Å²) < 4.78 is 10.8. The highest BCUT2D eigenvalue weighted by molar-refractivity contribution is 6.30. The van der Waals surface area contributed by atoms with E-state index in [9.17, 15) is 4.79 Å². The van der Waals surface area contributed by atoms with E-state index < -0.39 is 0 Å². The van der Waals surface area contributed by atoms with Crippen LogP contribution in [-0.4, -0.2) is 20.1 Å². The van der Waals surface area contributed by atoms with Crippen LogP contribution < -0.4 is 14.8 Å². The molecule has 0 spiro atoms. The van der Waals surface area contributed by atoms with Crippen molar-refractivity contribution in [2.45, 2.75) is 38.0 Å². The minimum absolute atomic E-state index is 0.0720. The lowest BCUT2D eigenvalue weighted by molar-refractivity contribution is -0.117. The quantitative estimate of drug-likeness (QED) is 0.695. The van der Waals surface area contributed by atoms with Gasteiger partial charge in [-0.25, -0.2) is 0 Å². The minimum atomic E-state index is 0.0720. The highest BCUT2D eigenvalue weighted by Crippen LogP contribution is 2.41. The SMILES string of the molecule is COc1ccc([C@H]2CC[C@@H](CC(=O)Nc3ccc(Cl)cc3)CC2)c(OC)c1. The van der Waals surface area contributed by atoms with Crippen LogP contribution in [0.2, 0.25) is 5.02 Å². The van der Waals surface area contributed by atoms with Gasteiger partial charge in [-0.1, -0.05) is 17.7 Å². The molecule has 0 saturated heterocycles. The summed E-state index contributed by atoms with van der Waals surface area (Å²) in [6.45, 7) is 0. The van der Waals surface area contributed by atoms with E-state index >= 15 is 0 Å². The molecule has 0 radical (unpaired) electrons. The summed E-state index contributed by atoms with van der Waals surface area (Å²) >= 11 is 5.88. The topological polar surface area (TPSA) is 47.6 Å². The third kappa shape index (κ3) is 5.16. The fraction of sp³-hybridized carbons (Fsp3) is 0.409. The summed E-state index contributed by atoms with van der Waals surface area (Å²) in [6.07, 6.45) is 4.81. The van der Waals surface area contributed by atoms with Gasteiger partial charge in [-0.2, -0.15) is 0 Å². The van der Waals surface area contributed by atoms with Crippen LogP contribution in [0.4, 0.5) is 5.69 Å². The number of benzene rings is 2. The predicted molar refractivity (Wildman–Crippen MR) is 109 cm³/mol. The first-order valence-electron chi connectivity index (χ1n) is 9.36. The maximum Gasteiger partial charge on any atom is 0.224 e. The summed E-state index contributed by atoms with van der Waals surface area (Å²) in [7, 11) is 3.36. The Morgan fingerprint density at radius 2 is 1.74 bits per heavy atom. The van der Waals surface area contributed by atoms with E-state index in [1.165, 1.54) is 5.56 Å². The van der Waals surface area contributed by atoms with Gasteiger partial charge in [0.2, 0.25) is 5.91 Å². The Morgan fingerprint density at radius 3 is 2.37 bits per heavy atom. The van der Waals surface area contributed by atoms with Gasteiger partial charge in [-0.05, 0) is 73.4 Å². The molecule has 4 nitrogen and oxygen atoms in total. The minimum Gasteiger partial charge on any atom is -0.497 e. The van der Waals surface area contributed by atoms with Crippen LogP contribution in [0.3, 0.4) is 0 Å². The van der Waals surface area contributed by atoms with Gasteiger partial charge in [0, 0.05) is 23.2 Å². The Kier molecular flexibility index (Phi) is 6.62. The second-order valence-corrected chi connectivity index (χ2v) is 7.52. The van der Waals surface area contributed by atoms with Crippen LogP contribution in [0.5, 0.6) is 11.5 Å². The second-order valence-electron chi connectivity index (χ2n) is 7.08. The monoisotopic (exact) mass is 387 g/mol. The Balaban J connectivity index is 1.53. The van der Waals surface area contributed by atoms with Crippen LogP contribution in [0, 0.1) is 5.92 Å². The van der Waals surface area contributed by atoms with Gasteiger partial charge in [-0.15, -0.1) is 0 Å². The number of carbonyl (C=O) groups is 1. The molecule has 0 atom stereocenters. The molecule has 1 aliphatic carbocycles. The zero-order valence-corrected chi connectivity index (χ0v) is 16.6. The smallest absolute Gasteiger partial charge is 0.224 e. The van der Waals surface area contributed by atoms with Crippen molar-refractivity contribution in [2.75, 3.05) is 19.5 Å². The molecule has 1 aliphatic rings. The van der Waals surface area contributed by atoms with Crippen molar-refractivity contribution in [3.8, 4) is 11.5 Å². The summed E-state index contributed by atoms with van der Waals surface area (Å²) in [5, 5.41) is 3.63. The number of methoxy groups -OCH3 is 2. The standard InChI is InChI=1S/C22H26ClNO3/c1-26-19-11-12-20(21(14-19)27-2)16-5-3-15(4-6-16)13-22(25)24-18-9-7-17(23)8-10-18/h7-12,14-16H,3-6,13H2,1-2H3,(H,24,25)/t15-,16+. The highest BCUT2D eigenvalue weighted by Gasteiger charge is 2.26. The zero-order valence-electron chi connectivity index (χ0n) is 15.8. The van der Waals surface area contributed by atoms with Gasteiger partial charge >= 0.3 is 0 Å². The first-order chi connectivity index (χ1) is 13.1. The molecule has 3 rings (SSSR count). The average molecular weight is 388 g/mol.